The van der Waals surface area contributed by atoms with Crippen LogP contribution in [-0.4, -0.2) is 21.5 Å². The lowest BCUT2D eigenvalue weighted by molar-refractivity contribution is -0.124. The summed E-state index contributed by atoms with van der Waals surface area (Å²) in [6.07, 6.45) is 3.22. The van der Waals surface area contributed by atoms with Crippen LogP contribution in [0.5, 0.6) is 0 Å². The van der Waals surface area contributed by atoms with E-state index in [1.807, 2.05) is 13.8 Å². The van der Waals surface area contributed by atoms with Crippen molar-refractivity contribution in [3.8, 4) is 0 Å². The minimum Gasteiger partial charge on any atom is -0.323 e. The predicted octanol–water partition coefficient (Wildman–Crippen LogP) is 1.38. The molecule has 1 aromatic heterocycles. The van der Waals surface area contributed by atoms with Crippen LogP contribution in [0.2, 0.25) is 0 Å². The summed E-state index contributed by atoms with van der Waals surface area (Å²) in [4.78, 5) is 21.9. The summed E-state index contributed by atoms with van der Waals surface area (Å²) in [5.41, 5.74) is 0.620. The number of nitrogens with one attached hydrogen (secondary N) is 1. The van der Waals surface area contributed by atoms with Gasteiger partial charge in [0.1, 0.15) is 5.78 Å². The van der Waals surface area contributed by atoms with E-state index in [1.165, 1.54) is 6.92 Å². The lowest BCUT2D eigenvalue weighted by Gasteiger charge is -2.03. The van der Waals surface area contributed by atoms with Gasteiger partial charge >= 0.3 is 0 Å². The number of aromatic nitrogens is 2. The van der Waals surface area contributed by atoms with Gasteiger partial charge in [0.2, 0.25) is 5.91 Å². The third-order valence-electron chi connectivity index (χ3n) is 1.82. The van der Waals surface area contributed by atoms with Crippen LogP contribution in [0.15, 0.2) is 12.4 Å². The van der Waals surface area contributed by atoms with Crippen molar-refractivity contribution >= 4 is 17.4 Å². The van der Waals surface area contributed by atoms with Crippen molar-refractivity contribution < 1.29 is 9.59 Å². The first-order chi connectivity index (χ1) is 6.99. The first-order valence-corrected chi connectivity index (χ1v) is 4.82. The van der Waals surface area contributed by atoms with Gasteiger partial charge in [0.05, 0.1) is 18.3 Å². The summed E-state index contributed by atoms with van der Waals surface area (Å²) >= 11 is 0. The summed E-state index contributed by atoms with van der Waals surface area (Å²) < 4.78 is 1.74. The van der Waals surface area contributed by atoms with Crippen LogP contribution in [0.4, 0.5) is 5.69 Å². The quantitative estimate of drug-likeness (QED) is 0.762. The molecule has 15 heavy (non-hydrogen) atoms. The molecule has 0 aliphatic rings. The Morgan fingerprint density at radius 2 is 2.20 bits per heavy atom. The van der Waals surface area contributed by atoms with E-state index in [2.05, 4.69) is 10.4 Å². The molecule has 1 rings (SSSR count). The van der Waals surface area contributed by atoms with E-state index < -0.39 is 0 Å². The molecule has 0 fully saturated rings. The van der Waals surface area contributed by atoms with Crippen molar-refractivity contribution in [1.29, 1.82) is 0 Å². The van der Waals surface area contributed by atoms with Gasteiger partial charge in [0, 0.05) is 12.2 Å². The molecule has 1 amide bonds. The highest BCUT2D eigenvalue weighted by atomic mass is 16.2. The van der Waals surface area contributed by atoms with Gasteiger partial charge in [-0.1, -0.05) is 0 Å². The second-order valence-electron chi connectivity index (χ2n) is 3.73. The van der Waals surface area contributed by atoms with Gasteiger partial charge in [-0.3, -0.25) is 14.3 Å². The topological polar surface area (TPSA) is 64.0 Å². The standard InChI is InChI=1S/C10H15N3O2/c1-7(2)13-6-9(5-11-13)12-10(15)4-8(3)14/h5-7H,4H2,1-3H3,(H,12,15). The molecule has 0 saturated heterocycles. The molecule has 0 atom stereocenters. The van der Waals surface area contributed by atoms with E-state index in [4.69, 9.17) is 0 Å². The molecule has 0 aromatic carbocycles. The largest absolute Gasteiger partial charge is 0.323 e. The van der Waals surface area contributed by atoms with Crippen LogP contribution in [-0.2, 0) is 9.59 Å². The zero-order valence-electron chi connectivity index (χ0n) is 9.15. The van der Waals surface area contributed by atoms with Gasteiger partial charge in [-0.15, -0.1) is 0 Å². The van der Waals surface area contributed by atoms with E-state index in [0.29, 0.717) is 5.69 Å². The highest BCUT2D eigenvalue weighted by Crippen LogP contribution is 2.09. The number of hydrogen-bond acceptors (Lipinski definition) is 3. The number of hydrogen-bond donors (Lipinski definition) is 1. The van der Waals surface area contributed by atoms with Crippen LogP contribution in [0.25, 0.3) is 0 Å². The normalized spacial score (nSPS) is 10.4. The maximum absolute atomic E-state index is 11.2. The Hall–Kier alpha value is -1.65. The lowest BCUT2D eigenvalue weighted by Crippen LogP contribution is -2.14. The number of anilines is 1. The van der Waals surface area contributed by atoms with E-state index >= 15 is 0 Å². The van der Waals surface area contributed by atoms with Gasteiger partial charge in [-0.2, -0.15) is 5.10 Å². The zero-order valence-corrected chi connectivity index (χ0v) is 9.15. The Balaban J connectivity index is 2.57. The van der Waals surface area contributed by atoms with Crippen molar-refractivity contribution in [3.05, 3.63) is 12.4 Å². The molecule has 0 aliphatic heterocycles. The molecule has 1 aromatic rings. The fraction of sp³-hybridized carbons (Fsp3) is 0.500. The molecular weight excluding hydrogens is 194 g/mol. The van der Waals surface area contributed by atoms with E-state index in [9.17, 15) is 9.59 Å². The van der Waals surface area contributed by atoms with Crippen LogP contribution < -0.4 is 5.32 Å². The maximum atomic E-state index is 11.2. The number of ketones is 1. The first kappa shape index (κ1) is 11.4. The van der Waals surface area contributed by atoms with Gasteiger partial charge in [0.15, 0.2) is 0 Å². The molecule has 0 spiro atoms. The number of rotatable bonds is 4. The Bertz CT molecular complexity index is 368. The summed E-state index contributed by atoms with van der Waals surface area (Å²) in [5.74, 6) is -0.449. The number of carbonyl (C=O) groups is 2. The van der Waals surface area contributed by atoms with Crippen LogP contribution in [0, 0.1) is 0 Å². The summed E-state index contributed by atoms with van der Waals surface area (Å²) in [6.45, 7) is 5.37. The second-order valence-corrected chi connectivity index (χ2v) is 3.73. The molecule has 5 nitrogen and oxygen atoms in total. The lowest BCUT2D eigenvalue weighted by atomic mass is 10.3. The molecule has 0 saturated carbocycles. The van der Waals surface area contributed by atoms with Gasteiger partial charge in [0.25, 0.3) is 0 Å². The van der Waals surface area contributed by atoms with E-state index in [1.54, 1.807) is 17.1 Å². The van der Waals surface area contributed by atoms with Crippen LogP contribution >= 0.6 is 0 Å². The van der Waals surface area contributed by atoms with Crippen molar-refractivity contribution in [3.63, 3.8) is 0 Å². The molecular formula is C10H15N3O2. The van der Waals surface area contributed by atoms with Crippen molar-refractivity contribution in [1.82, 2.24) is 9.78 Å². The molecule has 0 radical (unpaired) electrons. The Morgan fingerprint density at radius 1 is 1.53 bits per heavy atom. The number of carbonyl (C=O) groups excluding carboxylic acids is 2. The third kappa shape index (κ3) is 3.53. The Kier molecular flexibility index (Phi) is 3.60. The maximum Gasteiger partial charge on any atom is 0.231 e. The summed E-state index contributed by atoms with van der Waals surface area (Å²) in [6, 6.07) is 0.253. The van der Waals surface area contributed by atoms with Crippen LogP contribution in [0.3, 0.4) is 0 Å². The molecule has 1 heterocycles. The highest BCUT2D eigenvalue weighted by Gasteiger charge is 2.07. The fourth-order valence-electron chi connectivity index (χ4n) is 1.12. The molecule has 0 bridgehead atoms. The fourth-order valence-corrected chi connectivity index (χ4v) is 1.12. The molecule has 1 N–H and O–H groups in total. The second kappa shape index (κ2) is 4.72. The number of Topliss-reactive ketones (excluding diaryl/α,β-unsaturated/α-hetero) is 1. The van der Waals surface area contributed by atoms with Gasteiger partial charge in [-0.05, 0) is 20.8 Å². The Labute approximate surface area is 88.5 Å². The average molecular weight is 209 g/mol. The van der Waals surface area contributed by atoms with Gasteiger partial charge < -0.3 is 5.32 Å². The van der Waals surface area contributed by atoms with E-state index in [0.717, 1.165) is 0 Å². The molecule has 82 valence electrons. The number of amides is 1. The summed E-state index contributed by atoms with van der Waals surface area (Å²) in [5, 5.41) is 6.67. The average Bonchev–Trinajstić information content (AvgIpc) is 2.50. The zero-order chi connectivity index (χ0) is 11.4. The van der Waals surface area contributed by atoms with Gasteiger partial charge in [-0.25, -0.2) is 0 Å². The third-order valence-corrected chi connectivity index (χ3v) is 1.82. The molecule has 0 unspecified atom stereocenters. The van der Waals surface area contributed by atoms with Crippen molar-refractivity contribution in [2.24, 2.45) is 0 Å². The van der Waals surface area contributed by atoms with E-state index in [-0.39, 0.29) is 24.2 Å². The minimum atomic E-state index is -0.300. The highest BCUT2D eigenvalue weighted by molar-refractivity contribution is 6.03. The minimum absolute atomic E-state index is 0.0904. The van der Waals surface area contributed by atoms with Crippen molar-refractivity contribution in [2.75, 3.05) is 5.32 Å². The number of nitrogens with zero attached hydrogens (tertiary/aromatic N) is 2. The smallest absolute Gasteiger partial charge is 0.231 e. The first-order valence-electron chi connectivity index (χ1n) is 4.82. The monoisotopic (exact) mass is 209 g/mol. The Morgan fingerprint density at radius 3 is 2.67 bits per heavy atom. The molecule has 5 heteroatoms. The SMILES string of the molecule is CC(=O)CC(=O)Nc1cnn(C(C)C)c1. The van der Waals surface area contributed by atoms with Crippen molar-refractivity contribution in [2.45, 2.75) is 33.2 Å². The molecule has 0 aliphatic carbocycles. The summed E-state index contributed by atoms with van der Waals surface area (Å²) in [7, 11) is 0. The predicted molar refractivity (Wildman–Crippen MR) is 56.5 cm³/mol. The van der Waals surface area contributed by atoms with Crippen LogP contribution in [0.1, 0.15) is 33.2 Å².